The summed E-state index contributed by atoms with van der Waals surface area (Å²) >= 11 is 0. The molecular weight excluding hydrogens is 361 g/mol. The van der Waals surface area contributed by atoms with E-state index < -0.39 is 17.8 Å². The number of amides is 2. The Balaban J connectivity index is 1.72. The molecule has 0 fully saturated rings. The smallest absolute Gasteiger partial charge is 0.251 e. The van der Waals surface area contributed by atoms with Crippen molar-refractivity contribution < 1.29 is 18.4 Å². The number of aromatic nitrogens is 1. The quantitative estimate of drug-likeness (QED) is 0.679. The molecule has 0 spiro atoms. The number of rotatable bonds is 6. The van der Waals surface area contributed by atoms with Crippen LogP contribution in [-0.2, 0) is 4.79 Å². The lowest BCUT2D eigenvalue weighted by atomic mass is 10.0. The molecule has 28 heavy (non-hydrogen) atoms. The van der Waals surface area contributed by atoms with E-state index >= 15 is 0 Å². The molecule has 2 aromatic carbocycles. The summed E-state index contributed by atoms with van der Waals surface area (Å²) < 4.78 is 18.3. The minimum absolute atomic E-state index is 0.151. The molecule has 6 nitrogen and oxygen atoms in total. The van der Waals surface area contributed by atoms with E-state index in [2.05, 4.69) is 15.6 Å². The van der Waals surface area contributed by atoms with E-state index in [0.29, 0.717) is 11.4 Å². The van der Waals surface area contributed by atoms with Crippen molar-refractivity contribution >= 4 is 17.5 Å². The summed E-state index contributed by atoms with van der Waals surface area (Å²) in [6, 6.07) is 11.5. The van der Waals surface area contributed by atoms with Gasteiger partial charge < -0.3 is 15.1 Å². The largest absolute Gasteiger partial charge is 0.444 e. The SMILES string of the molecule is CC(C)C(NC(=O)c1ccc(F)cc1)C(=O)Nc1cccc(-c2cnco2)c1. The van der Waals surface area contributed by atoms with Gasteiger partial charge in [-0.05, 0) is 42.3 Å². The van der Waals surface area contributed by atoms with E-state index in [1.165, 1.54) is 30.7 Å². The van der Waals surface area contributed by atoms with Crippen LogP contribution in [0.2, 0.25) is 0 Å². The molecule has 3 aromatic rings. The van der Waals surface area contributed by atoms with Gasteiger partial charge in [-0.25, -0.2) is 9.37 Å². The molecule has 0 radical (unpaired) electrons. The van der Waals surface area contributed by atoms with Crippen molar-refractivity contribution in [2.24, 2.45) is 5.92 Å². The van der Waals surface area contributed by atoms with Crippen molar-refractivity contribution in [3.05, 3.63) is 72.5 Å². The van der Waals surface area contributed by atoms with Gasteiger partial charge in [-0.3, -0.25) is 9.59 Å². The maximum absolute atomic E-state index is 13.0. The lowest BCUT2D eigenvalue weighted by Gasteiger charge is -2.22. The molecule has 0 aliphatic heterocycles. The molecule has 144 valence electrons. The first-order chi connectivity index (χ1) is 13.4. The second kappa shape index (κ2) is 8.47. The fraction of sp³-hybridized carbons (Fsp3) is 0.190. The van der Waals surface area contributed by atoms with Crippen LogP contribution < -0.4 is 10.6 Å². The van der Waals surface area contributed by atoms with Gasteiger partial charge in [0.05, 0.1) is 6.20 Å². The van der Waals surface area contributed by atoms with E-state index in [4.69, 9.17) is 4.42 Å². The van der Waals surface area contributed by atoms with E-state index in [9.17, 15) is 14.0 Å². The van der Waals surface area contributed by atoms with Crippen LogP contribution in [0.4, 0.5) is 10.1 Å². The summed E-state index contributed by atoms with van der Waals surface area (Å²) in [7, 11) is 0. The second-order valence-corrected chi connectivity index (χ2v) is 6.64. The Hall–Kier alpha value is -3.48. The number of carbonyl (C=O) groups excluding carboxylic acids is 2. The van der Waals surface area contributed by atoms with Gasteiger partial charge in [-0.2, -0.15) is 0 Å². The molecule has 0 saturated carbocycles. The number of anilines is 1. The van der Waals surface area contributed by atoms with Gasteiger partial charge in [-0.1, -0.05) is 26.0 Å². The van der Waals surface area contributed by atoms with Gasteiger partial charge in [0.2, 0.25) is 5.91 Å². The zero-order valence-electron chi connectivity index (χ0n) is 15.5. The van der Waals surface area contributed by atoms with Crippen LogP contribution >= 0.6 is 0 Å². The van der Waals surface area contributed by atoms with Crippen LogP contribution in [0.25, 0.3) is 11.3 Å². The van der Waals surface area contributed by atoms with Crippen molar-refractivity contribution in [2.45, 2.75) is 19.9 Å². The minimum Gasteiger partial charge on any atom is -0.444 e. The average molecular weight is 381 g/mol. The number of hydrogen-bond acceptors (Lipinski definition) is 4. The first-order valence-electron chi connectivity index (χ1n) is 8.80. The molecular formula is C21H20FN3O3. The first-order valence-corrected chi connectivity index (χ1v) is 8.80. The third-order valence-corrected chi connectivity index (χ3v) is 4.19. The molecule has 1 heterocycles. The highest BCUT2D eigenvalue weighted by atomic mass is 19.1. The van der Waals surface area contributed by atoms with Crippen LogP contribution in [0.5, 0.6) is 0 Å². The Labute approximate surface area is 161 Å². The van der Waals surface area contributed by atoms with Gasteiger partial charge in [0, 0.05) is 16.8 Å². The van der Waals surface area contributed by atoms with E-state index in [-0.39, 0.29) is 17.4 Å². The van der Waals surface area contributed by atoms with E-state index in [1.807, 2.05) is 19.9 Å². The third kappa shape index (κ3) is 4.62. The molecule has 7 heteroatoms. The summed E-state index contributed by atoms with van der Waals surface area (Å²) in [5.74, 6) is -0.784. The highest BCUT2D eigenvalue weighted by Crippen LogP contribution is 2.22. The summed E-state index contributed by atoms with van der Waals surface area (Å²) in [6.07, 6.45) is 2.92. The van der Waals surface area contributed by atoms with Crippen molar-refractivity contribution in [2.75, 3.05) is 5.32 Å². The zero-order valence-corrected chi connectivity index (χ0v) is 15.5. The van der Waals surface area contributed by atoms with Gasteiger partial charge in [0.1, 0.15) is 11.9 Å². The molecule has 0 bridgehead atoms. The minimum atomic E-state index is -0.758. The van der Waals surface area contributed by atoms with Crippen LogP contribution in [0.1, 0.15) is 24.2 Å². The van der Waals surface area contributed by atoms with Crippen LogP contribution in [0.15, 0.2) is 65.5 Å². The van der Waals surface area contributed by atoms with Crippen LogP contribution in [0, 0.1) is 11.7 Å². The van der Waals surface area contributed by atoms with Gasteiger partial charge in [-0.15, -0.1) is 0 Å². The predicted octanol–water partition coefficient (Wildman–Crippen LogP) is 3.87. The van der Waals surface area contributed by atoms with Crippen molar-refractivity contribution in [1.82, 2.24) is 10.3 Å². The molecule has 0 saturated heterocycles. The van der Waals surface area contributed by atoms with Crippen molar-refractivity contribution in [3.8, 4) is 11.3 Å². The molecule has 2 N–H and O–H groups in total. The van der Waals surface area contributed by atoms with Gasteiger partial charge in [0.25, 0.3) is 5.91 Å². The highest BCUT2D eigenvalue weighted by Gasteiger charge is 2.25. The third-order valence-electron chi connectivity index (χ3n) is 4.19. The second-order valence-electron chi connectivity index (χ2n) is 6.64. The molecule has 0 aliphatic rings. The normalized spacial score (nSPS) is 11.9. The topological polar surface area (TPSA) is 84.2 Å². The highest BCUT2D eigenvalue weighted by molar-refractivity contribution is 6.01. The summed E-state index contributed by atoms with van der Waals surface area (Å²) in [6.45, 7) is 3.67. The lowest BCUT2D eigenvalue weighted by molar-refractivity contribution is -0.118. The number of nitrogens with zero attached hydrogens (tertiary/aromatic N) is 1. The number of oxazole rings is 1. The maximum Gasteiger partial charge on any atom is 0.251 e. The number of halogens is 1. The maximum atomic E-state index is 13.0. The van der Waals surface area contributed by atoms with E-state index in [0.717, 1.165) is 5.56 Å². The Morgan fingerprint density at radius 2 is 1.86 bits per heavy atom. The molecule has 0 aliphatic carbocycles. The molecule has 2 amide bonds. The van der Waals surface area contributed by atoms with Crippen LogP contribution in [-0.4, -0.2) is 22.8 Å². The Kier molecular flexibility index (Phi) is 5.84. The average Bonchev–Trinajstić information content (AvgIpc) is 3.21. The Bertz CT molecular complexity index is 953. The Morgan fingerprint density at radius 1 is 1.11 bits per heavy atom. The van der Waals surface area contributed by atoms with Gasteiger partial charge in [0.15, 0.2) is 12.2 Å². The summed E-state index contributed by atoms with van der Waals surface area (Å²) in [4.78, 5) is 29.0. The Morgan fingerprint density at radius 3 is 2.50 bits per heavy atom. The van der Waals surface area contributed by atoms with Crippen molar-refractivity contribution in [3.63, 3.8) is 0 Å². The number of hydrogen-bond donors (Lipinski definition) is 2. The molecule has 1 unspecified atom stereocenters. The first kappa shape index (κ1) is 19.3. The number of carbonyl (C=O) groups is 2. The van der Waals surface area contributed by atoms with Crippen molar-refractivity contribution in [1.29, 1.82) is 0 Å². The van der Waals surface area contributed by atoms with Gasteiger partial charge >= 0.3 is 0 Å². The van der Waals surface area contributed by atoms with E-state index in [1.54, 1.807) is 24.4 Å². The predicted molar refractivity (Wildman–Crippen MR) is 103 cm³/mol. The summed E-state index contributed by atoms with van der Waals surface area (Å²) in [5.41, 5.74) is 1.62. The molecule has 1 atom stereocenters. The standard InChI is InChI=1S/C21H20FN3O3/c1-13(2)19(25-20(26)14-6-8-16(22)9-7-14)21(27)24-17-5-3-4-15(10-17)18-11-23-12-28-18/h3-13,19H,1-2H3,(H,24,27)(H,25,26). The van der Waals surface area contributed by atoms with Crippen LogP contribution in [0.3, 0.4) is 0 Å². The number of nitrogens with one attached hydrogen (secondary N) is 2. The lowest BCUT2D eigenvalue weighted by Crippen LogP contribution is -2.47. The summed E-state index contributed by atoms with van der Waals surface area (Å²) in [5, 5.41) is 5.53. The molecule has 3 rings (SSSR count). The zero-order chi connectivity index (χ0) is 20.1. The monoisotopic (exact) mass is 381 g/mol. The number of benzene rings is 2. The fourth-order valence-corrected chi connectivity index (χ4v) is 2.69. The molecule has 1 aromatic heterocycles. The fourth-order valence-electron chi connectivity index (χ4n) is 2.69.